The minimum Gasteiger partial charge on any atom is -0.291 e. The van der Waals surface area contributed by atoms with Gasteiger partial charge in [-0.05, 0) is 6.42 Å². The van der Waals surface area contributed by atoms with E-state index in [2.05, 4.69) is 6.58 Å². The van der Waals surface area contributed by atoms with Gasteiger partial charge in [0.05, 0.1) is 0 Å². The zero-order valence-electron chi connectivity index (χ0n) is 7.31. The van der Waals surface area contributed by atoms with Gasteiger partial charge < -0.3 is 0 Å². The van der Waals surface area contributed by atoms with Crippen molar-refractivity contribution in [2.75, 3.05) is 0 Å². The van der Waals surface area contributed by atoms with Crippen LogP contribution in [0.1, 0.15) is 27.2 Å². The van der Waals surface area contributed by atoms with Gasteiger partial charge in [-0.1, -0.05) is 19.9 Å². The maximum Gasteiger partial charge on any atom is 0.203 e. The van der Waals surface area contributed by atoms with Gasteiger partial charge in [-0.15, -0.1) is 6.58 Å². The second kappa shape index (κ2) is 3.46. The lowest BCUT2D eigenvalue weighted by atomic mass is 9.83. The summed E-state index contributed by atoms with van der Waals surface area (Å²) in [5.74, 6) is -0.700. The van der Waals surface area contributed by atoms with Gasteiger partial charge in [0.25, 0.3) is 0 Å². The van der Waals surface area contributed by atoms with E-state index in [0.29, 0.717) is 6.42 Å². The van der Waals surface area contributed by atoms with Crippen LogP contribution in [0.2, 0.25) is 0 Å². The fourth-order valence-electron chi connectivity index (χ4n) is 0.930. The highest BCUT2D eigenvalue weighted by Crippen LogP contribution is 2.21. The molecule has 11 heavy (non-hydrogen) atoms. The standard InChI is InChI=1S/C9H14O2/c1-5-6-9(3,4)8(11)7(2)10/h5H,1,6H2,2-4H3. The second-order valence-electron chi connectivity index (χ2n) is 3.26. The van der Waals surface area contributed by atoms with Gasteiger partial charge >= 0.3 is 0 Å². The Bertz CT molecular complexity index is 190. The number of carbonyl (C=O) groups excluding carboxylic acids is 2. The maximum atomic E-state index is 11.2. The quantitative estimate of drug-likeness (QED) is 0.456. The largest absolute Gasteiger partial charge is 0.291 e. The molecule has 0 N–H and O–H groups in total. The van der Waals surface area contributed by atoms with E-state index in [-0.39, 0.29) is 11.6 Å². The third-order valence-electron chi connectivity index (χ3n) is 1.59. The SMILES string of the molecule is C=CCC(C)(C)C(=O)C(C)=O. The van der Waals surface area contributed by atoms with Gasteiger partial charge in [-0.2, -0.15) is 0 Å². The molecular formula is C9H14O2. The molecule has 0 aromatic heterocycles. The molecule has 0 heterocycles. The van der Waals surface area contributed by atoms with Crippen LogP contribution in [0.3, 0.4) is 0 Å². The molecule has 0 atom stereocenters. The molecule has 0 aromatic carbocycles. The summed E-state index contributed by atoms with van der Waals surface area (Å²) in [6.45, 7) is 8.32. The van der Waals surface area contributed by atoms with Crippen LogP contribution in [0.15, 0.2) is 12.7 Å². The van der Waals surface area contributed by atoms with Crippen molar-refractivity contribution in [1.82, 2.24) is 0 Å². The third kappa shape index (κ3) is 2.66. The van der Waals surface area contributed by atoms with Crippen molar-refractivity contribution >= 4 is 11.6 Å². The highest BCUT2D eigenvalue weighted by Gasteiger charge is 2.28. The van der Waals surface area contributed by atoms with Crippen molar-refractivity contribution in [2.45, 2.75) is 27.2 Å². The van der Waals surface area contributed by atoms with Crippen molar-refractivity contribution in [3.05, 3.63) is 12.7 Å². The molecule has 0 spiro atoms. The lowest BCUT2D eigenvalue weighted by Gasteiger charge is -2.18. The first kappa shape index (κ1) is 10.1. The van der Waals surface area contributed by atoms with E-state index in [1.807, 2.05) is 0 Å². The van der Waals surface area contributed by atoms with Crippen molar-refractivity contribution in [1.29, 1.82) is 0 Å². The summed E-state index contributed by atoms with van der Waals surface area (Å²) < 4.78 is 0. The molecule has 0 aliphatic carbocycles. The first-order chi connectivity index (χ1) is 4.91. The van der Waals surface area contributed by atoms with E-state index < -0.39 is 5.41 Å². The van der Waals surface area contributed by atoms with Gasteiger partial charge in [0, 0.05) is 12.3 Å². The summed E-state index contributed by atoms with van der Waals surface area (Å²) in [5.41, 5.74) is -0.576. The van der Waals surface area contributed by atoms with Crippen LogP contribution in [-0.2, 0) is 9.59 Å². The van der Waals surface area contributed by atoms with Crippen LogP contribution in [0, 0.1) is 5.41 Å². The maximum absolute atomic E-state index is 11.2. The zero-order valence-corrected chi connectivity index (χ0v) is 7.31. The van der Waals surface area contributed by atoms with Crippen LogP contribution in [0.25, 0.3) is 0 Å². The van der Waals surface area contributed by atoms with Crippen molar-refractivity contribution in [3.63, 3.8) is 0 Å². The summed E-state index contributed by atoms with van der Waals surface area (Å²) in [4.78, 5) is 21.8. The fraction of sp³-hybridized carbons (Fsp3) is 0.556. The predicted octanol–water partition coefficient (Wildman–Crippen LogP) is 1.75. The molecule has 0 unspecified atom stereocenters. The van der Waals surface area contributed by atoms with E-state index in [1.54, 1.807) is 19.9 Å². The fourth-order valence-corrected chi connectivity index (χ4v) is 0.930. The predicted molar refractivity (Wildman–Crippen MR) is 44.3 cm³/mol. The van der Waals surface area contributed by atoms with Crippen LogP contribution >= 0.6 is 0 Å². The molecular weight excluding hydrogens is 140 g/mol. The van der Waals surface area contributed by atoms with E-state index in [9.17, 15) is 9.59 Å². The smallest absolute Gasteiger partial charge is 0.203 e. The van der Waals surface area contributed by atoms with Gasteiger partial charge in [-0.25, -0.2) is 0 Å². The zero-order chi connectivity index (χ0) is 9.07. The highest BCUT2D eigenvalue weighted by molar-refractivity contribution is 6.38. The van der Waals surface area contributed by atoms with E-state index in [0.717, 1.165) is 0 Å². The summed E-state index contributed by atoms with van der Waals surface area (Å²) in [6, 6.07) is 0. The van der Waals surface area contributed by atoms with Gasteiger partial charge in [0.1, 0.15) is 0 Å². The van der Waals surface area contributed by atoms with Crippen LogP contribution in [0.5, 0.6) is 0 Å². The Balaban J connectivity index is 4.41. The van der Waals surface area contributed by atoms with Gasteiger partial charge in [0.2, 0.25) is 5.78 Å². The lowest BCUT2D eigenvalue weighted by Crippen LogP contribution is -2.29. The summed E-state index contributed by atoms with van der Waals surface area (Å²) in [7, 11) is 0. The van der Waals surface area contributed by atoms with E-state index >= 15 is 0 Å². The molecule has 2 heteroatoms. The summed E-state index contributed by atoms with van der Waals surface area (Å²) in [6.07, 6.45) is 2.20. The molecule has 0 saturated carbocycles. The molecule has 2 nitrogen and oxygen atoms in total. The lowest BCUT2D eigenvalue weighted by molar-refractivity contribution is -0.140. The Hall–Kier alpha value is -0.920. The molecule has 0 saturated heterocycles. The molecule has 0 rings (SSSR count). The Kier molecular flexibility index (Phi) is 3.18. The molecule has 0 aliphatic heterocycles. The van der Waals surface area contributed by atoms with Crippen molar-refractivity contribution in [2.24, 2.45) is 5.41 Å². The first-order valence-corrected chi connectivity index (χ1v) is 3.58. The highest BCUT2D eigenvalue weighted by atomic mass is 16.2. The number of carbonyl (C=O) groups is 2. The minimum absolute atomic E-state index is 0.322. The Morgan fingerprint density at radius 3 is 2.18 bits per heavy atom. The van der Waals surface area contributed by atoms with Crippen LogP contribution in [-0.4, -0.2) is 11.6 Å². The number of hydrogen-bond acceptors (Lipinski definition) is 2. The topological polar surface area (TPSA) is 34.1 Å². The summed E-state index contributed by atoms with van der Waals surface area (Å²) in [5, 5.41) is 0. The molecule has 0 bridgehead atoms. The van der Waals surface area contributed by atoms with Crippen molar-refractivity contribution < 1.29 is 9.59 Å². The van der Waals surface area contributed by atoms with Gasteiger partial charge in [-0.3, -0.25) is 9.59 Å². The second-order valence-corrected chi connectivity index (χ2v) is 3.26. The monoisotopic (exact) mass is 154 g/mol. The molecule has 0 aliphatic rings. The first-order valence-electron chi connectivity index (χ1n) is 3.58. The molecule has 0 amide bonds. The summed E-state index contributed by atoms with van der Waals surface area (Å²) >= 11 is 0. The normalized spacial score (nSPS) is 10.8. The molecule has 0 aromatic rings. The average Bonchev–Trinajstić information content (AvgIpc) is 1.86. The molecule has 62 valence electrons. The van der Waals surface area contributed by atoms with Crippen LogP contribution in [0.4, 0.5) is 0 Å². The van der Waals surface area contributed by atoms with Crippen LogP contribution < -0.4 is 0 Å². The average molecular weight is 154 g/mol. The number of hydrogen-bond donors (Lipinski definition) is 0. The number of rotatable bonds is 4. The van der Waals surface area contributed by atoms with E-state index in [4.69, 9.17) is 0 Å². The molecule has 0 radical (unpaired) electrons. The Morgan fingerprint density at radius 1 is 1.45 bits per heavy atom. The third-order valence-corrected chi connectivity index (χ3v) is 1.59. The minimum atomic E-state index is -0.576. The number of allylic oxidation sites excluding steroid dienone is 1. The number of ketones is 2. The number of Topliss-reactive ketones (excluding diaryl/α,β-unsaturated/α-hetero) is 2. The van der Waals surface area contributed by atoms with E-state index in [1.165, 1.54) is 6.92 Å². The molecule has 0 fully saturated rings. The van der Waals surface area contributed by atoms with Gasteiger partial charge in [0.15, 0.2) is 5.78 Å². The Labute approximate surface area is 67.3 Å². The van der Waals surface area contributed by atoms with Crippen molar-refractivity contribution in [3.8, 4) is 0 Å². The Morgan fingerprint density at radius 2 is 1.91 bits per heavy atom.